The molecular formula is C21H24N6O2. The number of aromatic nitrogens is 3. The fourth-order valence-corrected chi connectivity index (χ4v) is 3.69. The standard InChI is InChI=1S/C21H24N6O2/c1-2-29-21(28)15-8-5-11-27(12-15)20-17(22)19(24-13-25-20)26-16-9-3-6-14-7-4-10-23-18(14)16/h3-4,6-7,9-10,13,15H,2,5,8,11-12,22H2,1H3,(H,24,25,26). The summed E-state index contributed by atoms with van der Waals surface area (Å²) in [4.78, 5) is 27.4. The average molecular weight is 392 g/mol. The Bertz CT molecular complexity index is 1020. The summed E-state index contributed by atoms with van der Waals surface area (Å²) in [5.41, 5.74) is 8.53. The maximum absolute atomic E-state index is 12.2. The van der Waals surface area contributed by atoms with E-state index >= 15 is 0 Å². The molecule has 1 aliphatic heterocycles. The molecule has 0 spiro atoms. The number of pyridine rings is 1. The van der Waals surface area contributed by atoms with Crippen LogP contribution in [0.3, 0.4) is 0 Å². The highest BCUT2D eigenvalue weighted by molar-refractivity contribution is 5.93. The third-order valence-electron chi connectivity index (χ3n) is 5.09. The van der Waals surface area contributed by atoms with Gasteiger partial charge < -0.3 is 20.7 Å². The molecule has 1 atom stereocenters. The topological polar surface area (TPSA) is 106 Å². The number of nitrogen functional groups attached to an aromatic ring is 1. The van der Waals surface area contributed by atoms with Gasteiger partial charge in [0.15, 0.2) is 11.6 Å². The van der Waals surface area contributed by atoms with Crippen LogP contribution in [0.25, 0.3) is 10.9 Å². The van der Waals surface area contributed by atoms with Crippen LogP contribution >= 0.6 is 0 Å². The van der Waals surface area contributed by atoms with Crippen molar-refractivity contribution in [1.82, 2.24) is 15.0 Å². The first-order valence-electron chi connectivity index (χ1n) is 9.80. The van der Waals surface area contributed by atoms with Crippen molar-refractivity contribution >= 4 is 39.9 Å². The summed E-state index contributed by atoms with van der Waals surface area (Å²) in [7, 11) is 0. The maximum atomic E-state index is 12.2. The monoisotopic (exact) mass is 392 g/mol. The first kappa shape index (κ1) is 18.9. The van der Waals surface area contributed by atoms with E-state index < -0.39 is 0 Å². The molecule has 1 aliphatic rings. The summed E-state index contributed by atoms with van der Waals surface area (Å²) in [6.45, 7) is 3.53. The third kappa shape index (κ3) is 3.91. The highest BCUT2D eigenvalue weighted by Crippen LogP contribution is 2.33. The Morgan fingerprint density at radius 1 is 1.28 bits per heavy atom. The van der Waals surface area contributed by atoms with Crippen molar-refractivity contribution < 1.29 is 9.53 Å². The van der Waals surface area contributed by atoms with Crippen molar-refractivity contribution in [3.63, 3.8) is 0 Å². The quantitative estimate of drug-likeness (QED) is 0.638. The van der Waals surface area contributed by atoms with Crippen molar-refractivity contribution in [3.8, 4) is 0 Å². The van der Waals surface area contributed by atoms with E-state index in [1.54, 1.807) is 6.20 Å². The van der Waals surface area contributed by atoms with Crippen LogP contribution < -0.4 is 16.0 Å². The van der Waals surface area contributed by atoms with Gasteiger partial charge in [-0.15, -0.1) is 0 Å². The number of nitrogens with one attached hydrogen (secondary N) is 1. The Morgan fingerprint density at radius 2 is 2.14 bits per heavy atom. The Morgan fingerprint density at radius 3 is 3.00 bits per heavy atom. The van der Waals surface area contributed by atoms with E-state index in [4.69, 9.17) is 10.5 Å². The Labute approximate surface area is 169 Å². The molecule has 3 N–H and O–H groups in total. The van der Waals surface area contributed by atoms with Gasteiger partial charge in [-0.25, -0.2) is 9.97 Å². The van der Waals surface area contributed by atoms with Crippen LogP contribution in [0.1, 0.15) is 19.8 Å². The summed E-state index contributed by atoms with van der Waals surface area (Å²) in [5, 5.41) is 4.32. The summed E-state index contributed by atoms with van der Waals surface area (Å²) in [5.74, 6) is 0.817. The molecule has 2 aromatic heterocycles. The number of para-hydroxylation sites is 1. The van der Waals surface area contributed by atoms with Gasteiger partial charge in [0.1, 0.15) is 12.0 Å². The van der Waals surface area contributed by atoms with Gasteiger partial charge in [-0.2, -0.15) is 0 Å². The highest BCUT2D eigenvalue weighted by Gasteiger charge is 2.29. The molecule has 3 heterocycles. The van der Waals surface area contributed by atoms with Gasteiger partial charge >= 0.3 is 5.97 Å². The number of hydrogen-bond donors (Lipinski definition) is 2. The van der Waals surface area contributed by atoms with E-state index in [9.17, 15) is 4.79 Å². The number of carbonyl (C=O) groups excluding carboxylic acids is 1. The lowest BCUT2D eigenvalue weighted by atomic mass is 9.98. The fraction of sp³-hybridized carbons (Fsp3) is 0.333. The number of esters is 1. The molecule has 1 fully saturated rings. The van der Waals surface area contributed by atoms with Crippen molar-refractivity contribution in [2.75, 3.05) is 35.6 Å². The number of piperidine rings is 1. The molecule has 1 aromatic carbocycles. The summed E-state index contributed by atoms with van der Waals surface area (Å²) >= 11 is 0. The van der Waals surface area contributed by atoms with E-state index in [2.05, 4.69) is 20.3 Å². The third-order valence-corrected chi connectivity index (χ3v) is 5.09. The van der Waals surface area contributed by atoms with Gasteiger partial charge in [0.25, 0.3) is 0 Å². The number of ether oxygens (including phenoxy) is 1. The zero-order chi connectivity index (χ0) is 20.2. The molecule has 0 radical (unpaired) electrons. The number of nitrogens with zero attached hydrogens (tertiary/aromatic N) is 4. The van der Waals surface area contributed by atoms with Crippen LogP contribution in [0.4, 0.5) is 23.0 Å². The Kier molecular flexibility index (Phi) is 5.41. The van der Waals surface area contributed by atoms with Crippen molar-refractivity contribution in [2.45, 2.75) is 19.8 Å². The highest BCUT2D eigenvalue weighted by atomic mass is 16.5. The molecule has 0 saturated carbocycles. The minimum atomic E-state index is -0.170. The van der Waals surface area contributed by atoms with Crippen LogP contribution in [0.15, 0.2) is 42.9 Å². The van der Waals surface area contributed by atoms with Gasteiger partial charge in [0, 0.05) is 24.7 Å². The second-order valence-corrected chi connectivity index (χ2v) is 7.00. The molecule has 150 valence electrons. The molecule has 1 saturated heterocycles. The number of hydrogen-bond acceptors (Lipinski definition) is 8. The lowest BCUT2D eigenvalue weighted by Crippen LogP contribution is -2.40. The van der Waals surface area contributed by atoms with E-state index in [0.29, 0.717) is 30.5 Å². The SMILES string of the molecule is CCOC(=O)C1CCCN(c2ncnc(Nc3cccc4cccnc34)c2N)C1. The molecule has 1 unspecified atom stereocenters. The number of benzene rings is 1. The molecule has 3 aromatic rings. The Hall–Kier alpha value is -3.42. The predicted octanol–water partition coefficient (Wildman–Crippen LogP) is 3.13. The maximum Gasteiger partial charge on any atom is 0.310 e. The molecule has 0 bridgehead atoms. The summed E-state index contributed by atoms with van der Waals surface area (Å²) in [6.07, 6.45) is 4.93. The smallest absolute Gasteiger partial charge is 0.310 e. The van der Waals surface area contributed by atoms with Gasteiger partial charge in [-0.3, -0.25) is 9.78 Å². The van der Waals surface area contributed by atoms with Gasteiger partial charge in [-0.05, 0) is 31.9 Å². The minimum absolute atomic E-state index is 0.162. The average Bonchev–Trinajstić information content (AvgIpc) is 2.76. The van der Waals surface area contributed by atoms with Crippen LogP contribution in [-0.4, -0.2) is 40.6 Å². The van der Waals surface area contributed by atoms with Crippen LogP contribution in [0.5, 0.6) is 0 Å². The second-order valence-electron chi connectivity index (χ2n) is 7.00. The van der Waals surface area contributed by atoms with Crippen LogP contribution in [0, 0.1) is 5.92 Å². The number of nitrogens with two attached hydrogens (primary N) is 1. The fourth-order valence-electron chi connectivity index (χ4n) is 3.69. The normalized spacial score (nSPS) is 16.6. The number of fused-ring (bicyclic) bond motifs is 1. The van der Waals surface area contributed by atoms with E-state index in [1.807, 2.05) is 42.2 Å². The van der Waals surface area contributed by atoms with E-state index in [1.165, 1.54) is 6.33 Å². The molecule has 29 heavy (non-hydrogen) atoms. The van der Waals surface area contributed by atoms with Gasteiger partial charge in [0.2, 0.25) is 0 Å². The first-order chi connectivity index (χ1) is 14.2. The largest absolute Gasteiger partial charge is 0.466 e. The molecule has 0 aliphatic carbocycles. The molecule has 4 rings (SSSR count). The van der Waals surface area contributed by atoms with Gasteiger partial charge in [0.05, 0.1) is 23.7 Å². The second kappa shape index (κ2) is 8.30. The van der Waals surface area contributed by atoms with Crippen molar-refractivity contribution in [2.24, 2.45) is 5.92 Å². The molecule has 8 nitrogen and oxygen atoms in total. The summed E-state index contributed by atoms with van der Waals surface area (Å²) < 4.78 is 5.19. The zero-order valence-electron chi connectivity index (χ0n) is 16.3. The number of rotatable bonds is 5. The predicted molar refractivity (Wildman–Crippen MR) is 113 cm³/mol. The first-order valence-corrected chi connectivity index (χ1v) is 9.80. The lowest BCUT2D eigenvalue weighted by molar-refractivity contribution is -0.148. The van der Waals surface area contributed by atoms with Crippen LogP contribution in [0.2, 0.25) is 0 Å². The number of carbonyl (C=O) groups is 1. The van der Waals surface area contributed by atoms with Crippen LogP contribution in [-0.2, 0) is 9.53 Å². The molecule has 8 heteroatoms. The molecular weight excluding hydrogens is 368 g/mol. The molecule has 0 amide bonds. The van der Waals surface area contributed by atoms with Crippen molar-refractivity contribution in [1.29, 1.82) is 0 Å². The number of anilines is 4. The van der Waals surface area contributed by atoms with E-state index in [0.717, 1.165) is 36.0 Å². The van der Waals surface area contributed by atoms with E-state index in [-0.39, 0.29) is 11.9 Å². The Balaban J connectivity index is 1.60. The zero-order valence-corrected chi connectivity index (χ0v) is 16.3. The van der Waals surface area contributed by atoms with Gasteiger partial charge in [-0.1, -0.05) is 18.2 Å². The lowest BCUT2D eigenvalue weighted by Gasteiger charge is -2.33. The van der Waals surface area contributed by atoms with Crippen molar-refractivity contribution in [3.05, 3.63) is 42.9 Å². The summed E-state index contributed by atoms with van der Waals surface area (Å²) in [6, 6.07) is 9.81. The minimum Gasteiger partial charge on any atom is -0.466 e.